The zero-order valence-electron chi connectivity index (χ0n) is 11.2. The number of nitrogens with zero attached hydrogens (tertiary/aromatic N) is 2. The molecule has 0 saturated heterocycles. The molecule has 0 bridgehead atoms. The predicted octanol–water partition coefficient (Wildman–Crippen LogP) is 3.61. The van der Waals surface area contributed by atoms with Crippen molar-refractivity contribution in [2.45, 2.75) is 6.54 Å². The lowest BCUT2D eigenvalue weighted by Crippen LogP contribution is -2.23. The van der Waals surface area contributed by atoms with Crippen molar-refractivity contribution in [2.24, 2.45) is 0 Å². The summed E-state index contributed by atoms with van der Waals surface area (Å²) in [4.78, 5) is 12.2. The van der Waals surface area contributed by atoms with Gasteiger partial charge in [0, 0.05) is 11.6 Å². The molecular weight excluding hydrogens is 284 g/mol. The molecule has 0 aliphatic heterocycles. The Morgan fingerprint density at radius 2 is 1.57 bits per heavy atom. The van der Waals surface area contributed by atoms with E-state index in [1.807, 2.05) is 60.7 Å². The quantitative estimate of drug-likeness (QED) is 0.740. The lowest BCUT2D eigenvalue weighted by Gasteiger charge is -2.08. The Morgan fingerprint density at radius 3 is 2.24 bits per heavy atom. The summed E-state index contributed by atoms with van der Waals surface area (Å²) in [5.41, 5.74) is 2.39. The molecule has 21 heavy (non-hydrogen) atoms. The van der Waals surface area contributed by atoms with Crippen LogP contribution in [0, 0.1) is 0 Å². The Bertz CT molecular complexity index is 798. The third-order valence-corrected chi connectivity index (χ3v) is 3.49. The van der Waals surface area contributed by atoms with Gasteiger partial charge in [0.05, 0.1) is 6.54 Å². The monoisotopic (exact) mass is 296 g/mol. The highest BCUT2D eigenvalue weighted by atomic mass is 35.5. The number of halogens is 1. The van der Waals surface area contributed by atoms with Gasteiger partial charge in [-0.05, 0) is 11.1 Å². The van der Waals surface area contributed by atoms with E-state index in [1.54, 1.807) is 0 Å². The van der Waals surface area contributed by atoms with Gasteiger partial charge in [-0.3, -0.25) is 4.79 Å². The normalized spacial score (nSPS) is 10.5. The van der Waals surface area contributed by atoms with Crippen LogP contribution in [0.5, 0.6) is 0 Å². The maximum atomic E-state index is 12.2. The minimum atomic E-state index is -0.165. The van der Waals surface area contributed by atoms with Crippen molar-refractivity contribution in [3.63, 3.8) is 0 Å². The maximum Gasteiger partial charge on any atom is 0.267 e. The van der Waals surface area contributed by atoms with Gasteiger partial charge in [0.15, 0.2) is 5.15 Å². The average molecular weight is 297 g/mol. The van der Waals surface area contributed by atoms with Crippen LogP contribution in [0.4, 0.5) is 0 Å². The fourth-order valence-corrected chi connectivity index (χ4v) is 2.41. The van der Waals surface area contributed by atoms with Crippen LogP contribution in [0.2, 0.25) is 5.15 Å². The third-order valence-electron chi connectivity index (χ3n) is 3.21. The summed E-state index contributed by atoms with van der Waals surface area (Å²) in [6.07, 6.45) is 0. The first-order valence-corrected chi connectivity index (χ1v) is 6.99. The molecule has 0 N–H and O–H groups in total. The summed E-state index contributed by atoms with van der Waals surface area (Å²) in [5.74, 6) is 0. The van der Waals surface area contributed by atoms with Crippen molar-refractivity contribution < 1.29 is 0 Å². The van der Waals surface area contributed by atoms with Gasteiger partial charge < -0.3 is 0 Å². The number of hydrogen-bond donors (Lipinski definition) is 0. The Balaban J connectivity index is 1.99. The fraction of sp³-hybridized carbons (Fsp3) is 0.0588. The predicted molar refractivity (Wildman–Crippen MR) is 84.5 cm³/mol. The van der Waals surface area contributed by atoms with Gasteiger partial charge >= 0.3 is 0 Å². The molecule has 0 aliphatic carbocycles. The Kier molecular flexibility index (Phi) is 3.84. The van der Waals surface area contributed by atoms with E-state index in [2.05, 4.69) is 5.10 Å². The summed E-state index contributed by atoms with van der Waals surface area (Å²) >= 11 is 6.23. The van der Waals surface area contributed by atoms with Crippen molar-refractivity contribution in [3.05, 3.63) is 87.8 Å². The van der Waals surface area contributed by atoms with Crippen LogP contribution >= 0.6 is 11.6 Å². The number of rotatable bonds is 3. The van der Waals surface area contributed by atoms with Crippen molar-refractivity contribution >= 4 is 11.6 Å². The fourth-order valence-electron chi connectivity index (χ4n) is 2.16. The third kappa shape index (κ3) is 3.03. The van der Waals surface area contributed by atoms with E-state index in [-0.39, 0.29) is 5.56 Å². The summed E-state index contributed by atoms with van der Waals surface area (Å²) in [5, 5.41) is 4.54. The van der Waals surface area contributed by atoms with Gasteiger partial charge in [0.1, 0.15) is 0 Å². The number of hydrogen-bond acceptors (Lipinski definition) is 2. The molecule has 4 heteroatoms. The minimum absolute atomic E-state index is 0.165. The molecular formula is C17H13ClN2O. The Labute approximate surface area is 127 Å². The first kappa shape index (κ1) is 13.6. The summed E-state index contributed by atoms with van der Waals surface area (Å²) in [6, 6.07) is 20.8. The topological polar surface area (TPSA) is 34.9 Å². The summed E-state index contributed by atoms with van der Waals surface area (Å²) in [6.45, 7) is 0.411. The van der Waals surface area contributed by atoms with Gasteiger partial charge in [-0.25, -0.2) is 4.68 Å². The van der Waals surface area contributed by atoms with Gasteiger partial charge in [-0.1, -0.05) is 72.3 Å². The van der Waals surface area contributed by atoms with Crippen LogP contribution in [0.3, 0.4) is 0 Å². The molecule has 0 unspecified atom stereocenters. The van der Waals surface area contributed by atoms with Gasteiger partial charge in [0.2, 0.25) is 0 Å². The molecule has 0 saturated carbocycles. The standard InChI is InChI=1S/C17H13ClN2O/c18-17-15(14-9-5-2-6-10-14)11-16(21)20(19-17)12-13-7-3-1-4-8-13/h1-11H,12H2. The Hall–Kier alpha value is -2.39. The van der Waals surface area contributed by atoms with E-state index in [4.69, 9.17) is 11.6 Å². The van der Waals surface area contributed by atoms with E-state index < -0.39 is 0 Å². The number of aromatic nitrogens is 2. The van der Waals surface area contributed by atoms with E-state index in [0.717, 1.165) is 11.1 Å². The van der Waals surface area contributed by atoms with E-state index >= 15 is 0 Å². The summed E-state index contributed by atoms with van der Waals surface area (Å²) in [7, 11) is 0. The second kappa shape index (κ2) is 5.94. The van der Waals surface area contributed by atoms with Crippen molar-refractivity contribution in [3.8, 4) is 11.1 Å². The maximum absolute atomic E-state index is 12.2. The van der Waals surface area contributed by atoms with Crippen LogP contribution in [0.1, 0.15) is 5.56 Å². The van der Waals surface area contributed by atoms with Crippen LogP contribution in [-0.2, 0) is 6.54 Å². The van der Waals surface area contributed by atoms with E-state index in [1.165, 1.54) is 10.7 Å². The largest absolute Gasteiger partial charge is 0.268 e. The second-order valence-electron chi connectivity index (χ2n) is 4.70. The molecule has 1 aromatic heterocycles. The van der Waals surface area contributed by atoms with Gasteiger partial charge in [-0.2, -0.15) is 5.10 Å². The molecule has 3 aromatic rings. The SMILES string of the molecule is O=c1cc(-c2ccccc2)c(Cl)nn1Cc1ccccc1. The lowest BCUT2D eigenvalue weighted by molar-refractivity contribution is 0.640. The first-order valence-electron chi connectivity index (χ1n) is 6.61. The van der Waals surface area contributed by atoms with E-state index in [9.17, 15) is 4.79 Å². The smallest absolute Gasteiger partial charge is 0.267 e. The highest BCUT2D eigenvalue weighted by molar-refractivity contribution is 6.32. The molecule has 0 atom stereocenters. The molecule has 0 fully saturated rings. The van der Waals surface area contributed by atoms with E-state index in [0.29, 0.717) is 17.3 Å². The molecule has 104 valence electrons. The van der Waals surface area contributed by atoms with Crippen molar-refractivity contribution in [1.82, 2.24) is 9.78 Å². The molecule has 3 rings (SSSR count). The Morgan fingerprint density at radius 1 is 0.952 bits per heavy atom. The lowest BCUT2D eigenvalue weighted by atomic mass is 10.1. The van der Waals surface area contributed by atoms with Gasteiger partial charge in [0.25, 0.3) is 5.56 Å². The van der Waals surface area contributed by atoms with Crippen molar-refractivity contribution in [1.29, 1.82) is 0 Å². The van der Waals surface area contributed by atoms with Crippen LogP contribution in [0.15, 0.2) is 71.5 Å². The second-order valence-corrected chi connectivity index (χ2v) is 5.05. The highest BCUT2D eigenvalue weighted by Crippen LogP contribution is 2.23. The summed E-state index contributed by atoms with van der Waals surface area (Å²) < 4.78 is 1.38. The molecule has 1 heterocycles. The van der Waals surface area contributed by atoms with Crippen LogP contribution in [-0.4, -0.2) is 9.78 Å². The molecule has 3 nitrogen and oxygen atoms in total. The zero-order valence-corrected chi connectivity index (χ0v) is 12.0. The first-order chi connectivity index (χ1) is 10.2. The van der Waals surface area contributed by atoms with Crippen LogP contribution in [0.25, 0.3) is 11.1 Å². The van der Waals surface area contributed by atoms with Gasteiger partial charge in [-0.15, -0.1) is 0 Å². The molecule has 0 spiro atoms. The average Bonchev–Trinajstić information content (AvgIpc) is 2.52. The zero-order chi connectivity index (χ0) is 14.7. The molecule has 0 radical (unpaired) electrons. The molecule has 2 aromatic carbocycles. The van der Waals surface area contributed by atoms with Crippen molar-refractivity contribution in [2.75, 3.05) is 0 Å². The highest BCUT2D eigenvalue weighted by Gasteiger charge is 2.09. The number of benzene rings is 2. The molecule has 0 aliphatic rings. The molecule has 0 amide bonds. The minimum Gasteiger partial charge on any atom is -0.268 e. The van der Waals surface area contributed by atoms with Crippen LogP contribution < -0.4 is 5.56 Å².